The first kappa shape index (κ1) is 12.1. The molecule has 3 heteroatoms. The van der Waals surface area contributed by atoms with E-state index in [1.54, 1.807) is 0 Å². The molecule has 17 heavy (non-hydrogen) atoms. The van der Waals surface area contributed by atoms with Gasteiger partial charge in [-0.15, -0.1) is 0 Å². The maximum absolute atomic E-state index is 11.9. The molecule has 0 spiro atoms. The van der Waals surface area contributed by atoms with E-state index in [0.29, 0.717) is 6.04 Å². The predicted octanol–water partition coefficient (Wildman–Crippen LogP) is 2.77. The molecule has 1 aromatic carbocycles. The predicted molar refractivity (Wildman–Crippen MR) is 70.1 cm³/mol. The topological polar surface area (TPSA) is 41.1 Å². The third-order valence-corrected chi connectivity index (χ3v) is 3.21. The van der Waals surface area contributed by atoms with Crippen LogP contribution in [0.4, 0.5) is 5.69 Å². The second-order valence-corrected chi connectivity index (χ2v) is 4.87. The summed E-state index contributed by atoms with van der Waals surface area (Å²) in [6.45, 7) is 6.34. The van der Waals surface area contributed by atoms with Crippen LogP contribution in [0.3, 0.4) is 0 Å². The lowest BCUT2D eigenvalue weighted by Crippen LogP contribution is -2.34. The molecule has 2 N–H and O–H groups in total. The van der Waals surface area contributed by atoms with E-state index in [1.165, 1.54) is 5.56 Å². The Kier molecular flexibility index (Phi) is 3.48. The van der Waals surface area contributed by atoms with Gasteiger partial charge in [0.1, 0.15) is 6.04 Å². The summed E-state index contributed by atoms with van der Waals surface area (Å²) in [5.41, 5.74) is 3.22. The van der Waals surface area contributed by atoms with Crippen molar-refractivity contribution in [2.75, 3.05) is 5.32 Å². The van der Waals surface area contributed by atoms with Crippen molar-refractivity contribution in [2.45, 2.75) is 45.7 Å². The van der Waals surface area contributed by atoms with Crippen molar-refractivity contribution in [1.29, 1.82) is 0 Å². The Labute approximate surface area is 103 Å². The molecule has 1 aliphatic rings. The molecule has 1 heterocycles. The lowest BCUT2D eigenvalue weighted by molar-refractivity contribution is -0.117. The minimum atomic E-state index is -0.188. The van der Waals surface area contributed by atoms with E-state index in [-0.39, 0.29) is 11.9 Å². The number of fused-ring (bicyclic) bond motifs is 1. The van der Waals surface area contributed by atoms with Crippen LogP contribution in [-0.2, 0) is 4.79 Å². The van der Waals surface area contributed by atoms with Gasteiger partial charge >= 0.3 is 0 Å². The number of carbonyl (C=O) groups excluding carboxylic acids is 1. The minimum absolute atomic E-state index is 0.0635. The fraction of sp³-hybridized carbons (Fsp3) is 0.500. The number of carbonyl (C=O) groups is 1. The highest BCUT2D eigenvalue weighted by atomic mass is 16.2. The van der Waals surface area contributed by atoms with Gasteiger partial charge in [-0.25, -0.2) is 0 Å². The molecule has 1 aromatic rings. The van der Waals surface area contributed by atoms with Crippen LogP contribution in [-0.4, -0.2) is 11.9 Å². The summed E-state index contributed by atoms with van der Waals surface area (Å²) in [6, 6.07) is 6.27. The number of nitrogens with one attached hydrogen (secondary N) is 2. The molecule has 2 rings (SSSR count). The van der Waals surface area contributed by atoms with Gasteiger partial charge < -0.3 is 5.32 Å². The largest absolute Gasteiger partial charge is 0.324 e. The van der Waals surface area contributed by atoms with Crippen LogP contribution < -0.4 is 10.6 Å². The van der Waals surface area contributed by atoms with Crippen molar-refractivity contribution >= 4 is 11.6 Å². The van der Waals surface area contributed by atoms with Crippen LogP contribution in [0.5, 0.6) is 0 Å². The molecule has 0 saturated heterocycles. The summed E-state index contributed by atoms with van der Waals surface area (Å²) < 4.78 is 0. The summed E-state index contributed by atoms with van der Waals surface area (Å²) in [4.78, 5) is 11.9. The van der Waals surface area contributed by atoms with E-state index < -0.39 is 0 Å². The summed E-state index contributed by atoms with van der Waals surface area (Å²) in [5.74, 6) is 0.0635. The Balaban J connectivity index is 2.19. The smallest absolute Gasteiger partial charge is 0.246 e. The summed E-state index contributed by atoms with van der Waals surface area (Å²) in [6.07, 6.45) is 2.22. The lowest BCUT2D eigenvalue weighted by Gasteiger charge is -2.18. The van der Waals surface area contributed by atoms with Crippen molar-refractivity contribution in [1.82, 2.24) is 5.32 Å². The van der Waals surface area contributed by atoms with E-state index in [4.69, 9.17) is 0 Å². The van der Waals surface area contributed by atoms with E-state index in [1.807, 2.05) is 12.1 Å². The Hall–Kier alpha value is -1.35. The van der Waals surface area contributed by atoms with Crippen LogP contribution in [0.25, 0.3) is 0 Å². The molecule has 2 unspecified atom stereocenters. The molecule has 0 bridgehead atoms. The standard InChI is InChI=1S/C14H20N2O/c1-4-5-10(3)15-13-11-8-9(2)6-7-12(11)16-14(13)17/h6-8,10,13,15H,4-5H2,1-3H3,(H,16,17). The number of hydrogen-bond donors (Lipinski definition) is 2. The first-order valence-electron chi connectivity index (χ1n) is 6.29. The average Bonchev–Trinajstić information content (AvgIpc) is 2.56. The number of anilines is 1. The van der Waals surface area contributed by atoms with Crippen LogP contribution in [0.15, 0.2) is 18.2 Å². The molecule has 0 saturated carbocycles. The van der Waals surface area contributed by atoms with Gasteiger partial charge in [0.2, 0.25) is 5.91 Å². The van der Waals surface area contributed by atoms with E-state index >= 15 is 0 Å². The molecule has 92 valence electrons. The monoisotopic (exact) mass is 232 g/mol. The van der Waals surface area contributed by atoms with Gasteiger partial charge in [-0.3, -0.25) is 10.1 Å². The molecule has 2 atom stereocenters. The Morgan fingerprint density at radius 1 is 1.47 bits per heavy atom. The third-order valence-electron chi connectivity index (χ3n) is 3.21. The van der Waals surface area contributed by atoms with Crippen LogP contribution in [0, 0.1) is 6.92 Å². The quantitative estimate of drug-likeness (QED) is 0.838. The van der Waals surface area contributed by atoms with Gasteiger partial charge in [-0.05, 0) is 26.3 Å². The third kappa shape index (κ3) is 2.50. The van der Waals surface area contributed by atoms with Crippen LogP contribution in [0.1, 0.15) is 43.9 Å². The number of aryl methyl sites for hydroxylation is 1. The highest BCUT2D eigenvalue weighted by Crippen LogP contribution is 2.31. The first-order valence-corrected chi connectivity index (χ1v) is 6.29. The molecule has 0 radical (unpaired) electrons. The molecule has 0 fully saturated rings. The van der Waals surface area contributed by atoms with Crippen molar-refractivity contribution < 1.29 is 4.79 Å². The average molecular weight is 232 g/mol. The van der Waals surface area contributed by atoms with Crippen molar-refractivity contribution in [2.24, 2.45) is 0 Å². The van der Waals surface area contributed by atoms with Gasteiger partial charge in [0.05, 0.1) is 0 Å². The van der Waals surface area contributed by atoms with E-state index in [9.17, 15) is 4.79 Å². The fourth-order valence-corrected chi connectivity index (χ4v) is 2.35. The van der Waals surface area contributed by atoms with Gasteiger partial charge in [-0.1, -0.05) is 31.0 Å². The maximum atomic E-state index is 11.9. The molecular weight excluding hydrogens is 212 g/mol. The maximum Gasteiger partial charge on any atom is 0.246 e. The molecule has 0 aliphatic carbocycles. The highest BCUT2D eigenvalue weighted by molar-refractivity contribution is 6.02. The number of rotatable bonds is 4. The summed E-state index contributed by atoms with van der Waals surface area (Å²) in [5, 5.41) is 6.32. The normalized spacial score (nSPS) is 19.9. The zero-order valence-electron chi connectivity index (χ0n) is 10.7. The highest BCUT2D eigenvalue weighted by Gasteiger charge is 2.30. The van der Waals surface area contributed by atoms with Crippen LogP contribution in [0.2, 0.25) is 0 Å². The van der Waals surface area contributed by atoms with Crippen molar-refractivity contribution in [3.8, 4) is 0 Å². The molecule has 1 amide bonds. The first-order chi connectivity index (χ1) is 8.11. The molecule has 0 aromatic heterocycles. The second-order valence-electron chi connectivity index (χ2n) is 4.87. The zero-order chi connectivity index (χ0) is 12.4. The van der Waals surface area contributed by atoms with Gasteiger partial charge in [0.15, 0.2) is 0 Å². The molecule has 1 aliphatic heterocycles. The fourth-order valence-electron chi connectivity index (χ4n) is 2.35. The van der Waals surface area contributed by atoms with E-state index in [0.717, 1.165) is 24.1 Å². The minimum Gasteiger partial charge on any atom is -0.324 e. The molecule has 3 nitrogen and oxygen atoms in total. The number of hydrogen-bond acceptors (Lipinski definition) is 2. The van der Waals surface area contributed by atoms with Crippen molar-refractivity contribution in [3.63, 3.8) is 0 Å². The molecular formula is C14H20N2O. The summed E-state index contributed by atoms with van der Waals surface area (Å²) >= 11 is 0. The van der Waals surface area contributed by atoms with Gasteiger partial charge in [-0.2, -0.15) is 0 Å². The Morgan fingerprint density at radius 2 is 2.24 bits per heavy atom. The number of amides is 1. The van der Waals surface area contributed by atoms with E-state index in [2.05, 4.69) is 37.5 Å². The summed E-state index contributed by atoms with van der Waals surface area (Å²) in [7, 11) is 0. The second kappa shape index (κ2) is 4.88. The van der Waals surface area contributed by atoms with Gasteiger partial charge in [0.25, 0.3) is 0 Å². The Bertz CT molecular complexity index is 428. The number of benzene rings is 1. The van der Waals surface area contributed by atoms with Gasteiger partial charge in [0, 0.05) is 17.3 Å². The lowest BCUT2D eigenvalue weighted by atomic mass is 10.0. The SMILES string of the molecule is CCCC(C)NC1C(=O)Nc2ccc(C)cc21. The zero-order valence-corrected chi connectivity index (χ0v) is 10.7. The Morgan fingerprint density at radius 3 is 2.94 bits per heavy atom. The van der Waals surface area contributed by atoms with Crippen molar-refractivity contribution in [3.05, 3.63) is 29.3 Å². The van der Waals surface area contributed by atoms with Crippen LogP contribution >= 0.6 is 0 Å².